The van der Waals surface area contributed by atoms with Crippen LogP contribution in [0.2, 0.25) is 0 Å². The van der Waals surface area contributed by atoms with Crippen molar-refractivity contribution >= 4 is 44.9 Å². The molecule has 0 aliphatic rings. The number of nitrogens with zero attached hydrogens (tertiary/aromatic N) is 2. The van der Waals surface area contributed by atoms with Crippen molar-refractivity contribution in [2.75, 3.05) is 14.2 Å². The molecule has 2 aromatic carbocycles. The van der Waals surface area contributed by atoms with E-state index in [0.29, 0.717) is 11.5 Å². The minimum atomic E-state index is 0. The number of H-pyrrole nitrogens is 1. The lowest BCUT2D eigenvalue weighted by molar-refractivity contribution is 0.356. The van der Waals surface area contributed by atoms with Gasteiger partial charge in [-0.15, -0.1) is 12.4 Å². The summed E-state index contributed by atoms with van der Waals surface area (Å²) in [6.45, 7) is 0. The van der Waals surface area contributed by atoms with Crippen LogP contribution in [0.15, 0.2) is 36.8 Å². The second-order valence-electron chi connectivity index (χ2n) is 4.82. The molecule has 0 fully saturated rings. The molecule has 0 saturated heterocycles. The van der Waals surface area contributed by atoms with Crippen LogP contribution in [0.5, 0.6) is 11.5 Å². The molecule has 22 heavy (non-hydrogen) atoms. The Morgan fingerprint density at radius 2 is 1.64 bits per heavy atom. The topological polar surface area (TPSA) is 60.0 Å². The van der Waals surface area contributed by atoms with E-state index in [9.17, 15) is 0 Å². The highest BCUT2D eigenvalue weighted by Crippen LogP contribution is 2.39. The van der Waals surface area contributed by atoms with Crippen molar-refractivity contribution in [2.45, 2.75) is 0 Å². The fraction of sp³-hybridized carbons (Fsp3) is 0.125. The molecule has 0 bridgehead atoms. The first kappa shape index (κ1) is 14.4. The maximum Gasteiger partial charge on any atom is 0.161 e. The van der Waals surface area contributed by atoms with Crippen molar-refractivity contribution in [1.82, 2.24) is 15.2 Å². The van der Waals surface area contributed by atoms with E-state index in [1.807, 2.05) is 30.6 Å². The van der Waals surface area contributed by atoms with Crippen molar-refractivity contribution in [1.29, 1.82) is 0 Å². The van der Waals surface area contributed by atoms with Gasteiger partial charge < -0.3 is 9.47 Å². The number of pyridine rings is 1. The second-order valence-corrected chi connectivity index (χ2v) is 4.82. The van der Waals surface area contributed by atoms with Crippen molar-refractivity contribution in [3.05, 3.63) is 36.8 Å². The summed E-state index contributed by atoms with van der Waals surface area (Å²) in [5.74, 6) is 1.39. The van der Waals surface area contributed by atoms with E-state index in [4.69, 9.17) is 9.47 Å². The Labute approximate surface area is 132 Å². The number of rotatable bonds is 2. The third-order valence-corrected chi connectivity index (χ3v) is 3.82. The zero-order chi connectivity index (χ0) is 14.4. The van der Waals surface area contributed by atoms with Crippen LogP contribution in [0.25, 0.3) is 32.4 Å². The van der Waals surface area contributed by atoms with E-state index in [2.05, 4.69) is 15.2 Å². The molecule has 2 aromatic heterocycles. The highest BCUT2D eigenvalue weighted by atomic mass is 35.5. The molecule has 5 nitrogen and oxygen atoms in total. The molecule has 1 N–H and O–H groups in total. The van der Waals surface area contributed by atoms with Gasteiger partial charge in [-0.2, -0.15) is 5.10 Å². The van der Waals surface area contributed by atoms with E-state index < -0.39 is 0 Å². The van der Waals surface area contributed by atoms with Crippen LogP contribution < -0.4 is 9.47 Å². The number of halogens is 1. The smallest absolute Gasteiger partial charge is 0.161 e. The van der Waals surface area contributed by atoms with Gasteiger partial charge in [0.05, 0.1) is 14.2 Å². The Kier molecular flexibility index (Phi) is 3.50. The number of hydrogen-bond acceptors (Lipinski definition) is 4. The Bertz CT molecular complexity index is 981. The van der Waals surface area contributed by atoms with E-state index >= 15 is 0 Å². The highest BCUT2D eigenvalue weighted by Gasteiger charge is 2.14. The monoisotopic (exact) mass is 315 g/mol. The zero-order valence-electron chi connectivity index (χ0n) is 12.1. The number of benzene rings is 2. The predicted molar refractivity (Wildman–Crippen MR) is 89.3 cm³/mol. The van der Waals surface area contributed by atoms with Gasteiger partial charge in [-0.1, -0.05) is 0 Å². The van der Waals surface area contributed by atoms with Gasteiger partial charge in [0.25, 0.3) is 0 Å². The molecule has 0 amide bonds. The van der Waals surface area contributed by atoms with Crippen molar-refractivity contribution in [3.8, 4) is 11.5 Å². The molecule has 0 aliphatic heterocycles. The first-order chi connectivity index (χ1) is 10.3. The molecule has 0 unspecified atom stereocenters. The quantitative estimate of drug-likeness (QED) is 0.573. The molecule has 4 aromatic rings. The lowest BCUT2D eigenvalue weighted by Crippen LogP contribution is -1.92. The molecule has 112 valence electrons. The van der Waals surface area contributed by atoms with Gasteiger partial charge in [-0.3, -0.25) is 10.1 Å². The number of nitrogens with one attached hydrogen (secondary N) is 1. The number of ether oxygens (including phenoxy) is 2. The number of aromatic nitrogens is 3. The zero-order valence-corrected chi connectivity index (χ0v) is 12.9. The van der Waals surface area contributed by atoms with Crippen molar-refractivity contribution in [3.63, 3.8) is 0 Å². The van der Waals surface area contributed by atoms with E-state index in [-0.39, 0.29) is 12.4 Å². The molecule has 6 heteroatoms. The van der Waals surface area contributed by atoms with Gasteiger partial charge in [-0.25, -0.2) is 0 Å². The Morgan fingerprint density at radius 1 is 0.909 bits per heavy atom. The van der Waals surface area contributed by atoms with Crippen LogP contribution in [0.4, 0.5) is 0 Å². The fourth-order valence-electron chi connectivity index (χ4n) is 2.84. The molecule has 0 spiro atoms. The largest absolute Gasteiger partial charge is 0.493 e. The van der Waals surface area contributed by atoms with E-state index in [1.54, 1.807) is 20.4 Å². The Hall–Kier alpha value is -2.53. The molecule has 2 heterocycles. The maximum atomic E-state index is 5.41. The van der Waals surface area contributed by atoms with E-state index in [1.165, 1.54) is 0 Å². The van der Waals surface area contributed by atoms with Crippen LogP contribution >= 0.6 is 12.4 Å². The summed E-state index contributed by atoms with van der Waals surface area (Å²) in [6.07, 6.45) is 5.57. The SMILES string of the molecule is COc1cc2c3cnccc3c3c[nH]nc3c2cc1OC.Cl. The Balaban J connectivity index is 0.00000144. The molecule has 0 radical (unpaired) electrons. The maximum absolute atomic E-state index is 5.41. The first-order valence-electron chi connectivity index (χ1n) is 6.58. The third-order valence-electron chi connectivity index (χ3n) is 3.82. The normalized spacial score (nSPS) is 10.8. The lowest BCUT2D eigenvalue weighted by atomic mass is 9.99. The average molecular weight is 316 g/mol. The first-order valence-corrected chi connectivity index (χ1v) is 6.58. The summed E-state index contributed by atoms with van der Waals surface area (Å²) in [7, 11) is 3.27. The summed E-state index contributed by atoms with van der Waals surface area (Å²) in [6, 6.07) is 5.94. The van der Waals surface area contributed by atoms with Gasteiger partial charge in [0, 0.05) is 34.7 Å². The van der Waals surface area contributed by atoms with Crippen LogP contribution in [-0.2, 0) is 0 Å². The van der Waals surface area contributed by atoms with Crippen molar-refractivity contribution < 1.29 is 9.47 Å². The molecule has 4 rings (SSSR count). The highest BCUT2D eigenvalue weighted by molar-refractivity contribution is 6.24. The fourth-order valence-corrected chi connectivity index (χ4v) is 2.84. The summed E-state index contributed by atoms with van der Waals surface area (Å²) >= 11 is 0. The van der Waals surface area contributed by atoms with Gasteiger partial charge in [0.2, 0.25) is 0 Å². The van der Waals surface area contributed by atoms with Crippen LogP contribution in [0.1, 0.15) is 0 Å². The second kappa shape index (κ2) is 5.35. The van der Waals surface area contributed by atoms with Gasteiger partial charge in [0.1, 0.15) is 5.52 Å². The number of aromatic amines is 1. The third kappa shape index (κ3) is 1.86. The number of methoxy groups -OCH3 is 2. The minimum Gasteiger partial charge on any atom is -0.493 e. The summed E-state index contributed by atoms with van der Waals surface area (Å²) in [4.78, 5) is 4.25. The van der Waals surface area contributed by atoms with Gasteiger partial charge in [0.15, 0.2) is 11.5 Å². The predicted octanol–water partition coefficient (Wildman–Crippen LogP) is 3.70. The standard InChI is InChI=1S/C16H13N3O2.ClH/c1-20-14-5-10-11(6-15(14)21-2)16-13(8-18-19-16)9-3-4-17-7-12(9)10;/h3-8H,1-2H3,(H,18,19);1H. The molecule has 0 atom stereocenters. The summed E-state index contributed by atoms with van der Waals surface area (Å²) in [5.41, 5.74) is 0.921. The Morgan fingerprint density at radius 3 is 2.36 bits per heavy atom. The summed E-state index contributed by atoms with van der Waals surface area (Å²) < 4.78 is 10.8. The summed E-state index contributed by atoms with van der Waals surface area (Å²) in [5, 5.41) is 12.7. The number of fused-ring (bicyclic) bond motifs is 6. The molecule has 0 aliphatic carbocycles. The van der Waals surface area contributed by atoms with Gasteiger partial charge in [-0.05, 0) is 29.0 Å². The van der Waals surface area contributed by atoms with Crippen LogP contribution in [-0.4, -0.2) is 29.4 Å². The molecular formula is C16H14ClN3O2. The van der Waals surface area contributed by atoms with Crippen LogP contribution in [0.3, 0.4) is 0 Å². The van der Waals surface area contributed by atoms with Crippen molar-refractivity contribution in [2.24, 2.45) is 0 Å². The van der Waals surface area contributed by atoms with E-state index in [0.717, 1.165) is 32.4 Å². The lowest BCUT2D eigenvalue weighted by Gasteiger charge is -2.11. The molecular weight excluding hydrogens is 302 g/mol. The van der Waals surface area contributed by atoms with Gasteiger partial charge >= 0.3 is 0 Å². The average Bonchev–Trinajstić information content (AvgIpc) is 3.03. The number of hydrogen-bond donors (Lipinski definition) is 1. The van der Waals surface area contributed by atoms with Crippen LogP contribution in [0, 0.1) is 0 Å². The minimum absolute atomic E-state index is 0. The molecule has 0 saturated carbocycles.